The largest absolute Gasteiger partial charge is 0.497 e. The standard InChI is InChI=1S/C15H24N2O2/c1-12-10-16(2)11-14(7-8-18)17(12)13-5-4-6-15(9-13)19-3/h4-6,9,12,14,18H,7-8,10-11H2,1-3H3. The second kappa shape index (κ2) is 6.26. The maximum atomic E-state index is 9.29. The molecular weight excluding hydrogens is 240 g/mol. The molecule has 1 saturated heterocycles. The fraction of sp³-hybridized carbons (Fsp3) is 0.600. The lowest BCUT2D eigenvalue weighted by atomic mass is 10.0. The van der Waals surface area contributed by atoms with Gasteiger partial charge < -0.3 is 19.6 Å². The Kier molecular flexibility index (Phi) is 4.66. The number of benzene rings is 1. The van der Waals surface area contributed by atoms with Gasteiger partial charge in [0.05, 0.1) is 7.11 Å². The van der Waals surface area contributed by atoms with E-state index in [1.807, 2.05) is 12.1 Å². The molecule has 0 radical (unpaired) electrons. The molecule has 1 aromatic carbocycles. The predicted molar refractivity (Wildman–Crippen MR) is 77.9 cm³/mol. The van der Waals surface area contributed by atoms with Crippen molar-refractivity contribution < 1.29 is 9.84 Å². The summed E-state index contributed by atoms with van der Waals surface area (Å²) in [6.45, 7) is 4.49. The highest BCUT2D eigenvalue weighted by atomic mass is 16.5. The molecule has 0 spiro atoms. The van der Waals surface area contributed by atoms with E-state index < -0.39 is 0 Å². The zero-order chi connectivity index (χ0) is 13.8. The summed E-state index contributed by atoms with van der Waals surface area (Å²) < 4.78 is 5.31. The summed E-state index contributed by atoms with van der Waals surface area (Å²) in [5.41, 5.74) is 1.18. The van der Waals surface area contributed by atoms with E-state index >= 15 is 0 Å². The van der Waals surface area contributed by atoms with E-state index in [1.54, 1.807) is 7.11 Å². The Balaban J connectivity index is 2.26. The van der Waals surface area contributed by atoms with Crippen LogP contribution in [0.5, 0.6) is 5.75 Å². The van der Waals surface area contributed by atoms with Gasteiger partial charge in [-0.1, -0.05) is 6.07 Å². The first kappa shape index (κ1) is 14.2. The van der Waals surface area contributed by atoms with Gasteiger partial charge in [-0.3, -0.25) is 0 Å². The summed E-state index contributed by atoms with van der Waals surface area (Å²) >= 11 is 0. The monoisotopic (exact) mass is 264 g/mol. The molecule has 0 bridgehead atoms. The van der Waals surface area contributed by atoms with Crippen LogP contribution in [0.3, 0.4) is 0 Å². The third kappa shape index (κ3) is 3.19. The number of likely N-dealkylation sites (N-methyl/N-ethyl adjacent to an activating group) is 1. The number of hydrogen-bond donors (Lipinski definition) is 1. The molecule has 1 aromatic rings. The number of rotatable bonds is 4. The average Bonchev–Trinajstić information content (AvgIpc) is 2.38. The minimum absolute atomic E-state index is 0.228. The van der Waals surface area contributed by atoms with Crippen LogP contribution in [0, 0.1) is 0 Å². The molecule has 1 heterocycles. The first-order valence-corrected chi connectivity index (χ1v) is 6.87. The minimum Gasteiger partial charge on any atom is -0.497 e. The normalized spacial score (nSPS) is 24.5. The van der Waals surface area contributed by atoms with Crippen LogP contribution >= 0.6 is 0 Å². The number of aliphatic hydroxyl groups excluding tert-OH is 1. The lowest BCUT2D eigenvalue weighted by Crippen LogP contribution is -2.57. The van der Waals surface area contributed by atoms with E-state index in [2.05, 4.69) is 35.9 Å². The number of ether oxygens (including phenoxy) is 1. The molecule has 0 amide bonds. The van der Waals surface area contributed by atoms with Crippen molar-refractivity contribution in [1.82, 2.24) is 4.90 Å². The van der Waals surface area contributed by atoms with Crippen molar-refractivity contribution in [3.63, 3.8) is 0 Å². The lowest BCUT2D eigenvalue weighted by Gasteiger charge is -2.46. The molecule has 0 aromatic heterocycles. The van der Waals surface area contributed by atoms with Gasteiger partial charge in [-0.25, -0.2) is 0 Å². The van der Waals surface area contributed by atoms with Crippen LogP contribution in [0.25, 0.3) is 0 Å². The highest BCUT2D eigenvalue weighted by Crippen LogP contribution is 2.28. The predicted octanol–water partition coefficient (Wildman–Crippen LogP) is 1.59. The van der Waals surface area contributed by atoms with E-state index in [0.717, 1.165) is 25.3 Å². The number of piperazine rings is 1. The van der Waals surface area contributed by atoms with E-state index in [9.17, 15) is 5.11 Å². The summed E-state index contributed by atoms with van der Waals surface area (Å²) in [5, 5.41) is 9.29. The van der Waals surface area contributed by atoms with Gasteiger partial charge in [-0.05, 0) is 32.5 Å². The first-order valence-electron chi connectivity index (χ1n) is 6.87. The molecule has 4 heteroatoms. The number of methoxy groups -OCH3 is 1. The SMILES string of the molecule is COc1cccc(N2C(C)CN(C)CC2CCO)c1. The topological polar surface area (TPSA) is 35.9 Å². The summed E-state index contributed by atoms with van der Waals surface area (Å²) in [6.07, 6.45) is 0.798. The lowest BCUT2D eigenvalue weighted by molar-refractivity contribution is 0.198. The van der Waals surface area contributed by atoms with Crippen molar-refractivity contribution in [1.29, 1.82) is 0 Å². The van der Waals surface area contributed by atoms with Gasteiger partial charge in [0, 0.05) is 43.5 Å². The van der Waals surface area contributed by atoms with Gasteiger partial charge in [-0.2, -0.15) is 0 Å². The number of hydrogen-bond acceptors (Lipinski definition) is 4. The Morgan fingerprint density at radius 2 is 2.16 bits per heavy atom. The molecule has 0 aliphatic carbocycles. The van der Waals surface area contributed by atoms with Crippen LogP contribution in [0.15, 0.2) is 24.3 Å². The van der Waals surface area contributed by atoms with E-state index in [1.165, 1.54) is 5.69 Å². The second-order valence-electron chi connectivity index (χ2n) is 5.35. The van der Waals surface area contributed by atoms with Crippen LogP contribution in [-0.2, 0) is 0 Å². The van der Waals surface area contributed by atoms with Gasteiger partial charge in [0.15, 0.2) is 0 Å². The maximum absolute atomic E-state index is 9.29. The van der Waals surface area contributed by atoms with E-state index in [4.69, 9.17) is 4.74 Å². The fourth-order valence-electron chi connectivity index (χ4n) is 3.04. The van der Waals surface area contributed by atoms with Crippen molar-refractivity contribution in [2.45, 2.75) is 25.4 Å². The molecule has 1 aliphatic rings. The molecule has 2 atom stereocenters. The number of aliphatic hydroxyl groups is 1. The van der Waals surface area contributed by atoms with Crippen molar-refractivity contribution >= 4 is 5.69 Å². The Bertz CT molecular complexity index is 411. The molecule has 0 saturated carbocycles. The Labute approximate surface area is 115 Å². The van der Waals surface area contributed by atoms with Crippen LogP contribution < -0.4 is 9.64 Å². The van der Waals surface area contributed by atoms with E-state index in [0.29, 0.717) is 12.1 Å². The van der Waals surface area contributed by atoms with Crippen molar-refractivity contribution in [2.75, 3.05) is 38.8 Å². The van der Waals surface area contributed by atoms with Gasteiger partial charge in [0.25, 0.3) is 0 Å². The highest BCUT2D eigenvalue weighted by molar-refractivity contribution is 5.53. The van der Waals surface area contributed by atoms with Crippen LogP contribution in [0.1, 0.15) is 13.3 Å². The molecule has 1 fully saturated rings. The van der Waals surface area contributed by atoms with Gasteiger partial charge >= 0.3 is 0 Å². The quantitative estimate of drug-likeness (QED) is 0.896. The van der Waals surface area contributed by atoms with Crippen LogP contribution in [0.2, 0.25) is 0 Å². The zero-order valence-corrected chi connectivity index (χ0v) is 12.0. The number of nitrogens with zero attached hydrogens (tertiary/aromatic N) is 2. The van der Waals surface area contributed by atoms with Crippen LogP contribution in [0.4, 0.5) is 5.69 Å². The van der Waals surface area contributed by atoms with E-state index in [-0.39, 0.29) is 6.61 Å². The molecule has 1 aliphatic heterocycles. The van der Waals surface area contributed by atoms with Gasteiger partial charge in [-0.15, -0.1) is 0 Å². The molecular formula is C15H24N2O2. The smallest absolute Gasteiger partial charge is 0.120 e. The Morgan fingerprint density at radius 3 is 2.84 bits per heavy atom. The Morgan fingerprint density at radius 1 is 1.37 bits per heavy atom. The highest BCUT2D eigenvalue weighted by Gasteiger charge is 2.30. The average molecular weight is 264 g/mol. The molecule has 106 valence electrons. The van der Waals surface area contributed by atoms with Gasteiger partial charge in [0.1, 0.15) is 5.75 Å². The van der Waals surface area contributed by atoms with Crippen molar-refractivity contribution in [2.24, 2.45) is 0 Å². The number of anilines is 1. The third-order valence-electron chi connectivity index (χ3n) is 3.78. The summed E-state index contributed by atoms with van der Waals surface area (Å²) in [6, 6.07) is 8.97. The van der Waals surface area contributed by atoms with Gasteiger partial charge in [0.2, 0.25) is 0 Å². The molecule has 1 N–H and O–H groups in total. The summed E-state index contributed by atoms with van der Waals surface area (Å²) in [4.78, 5) is 4.75. The Hall–Kier alpha value is -1.26. The fourth-order valence-corrected chi connectivity index (χ4v) is 3.04. The zero-order valence-electron chi connectivity index (χ0n) is 12.0. The third-order valence-corrected chi connectivity index (χ3v) is 3.78. The summed E-state index contributed by atoms with van der Waals surface area (Å²) in [5.74, 6) is 0.881. The second-order valence-corrected chi connectivity index (χ2v) is 5.35. The van der Waals surface area contributed by atoms with Crippen LogP contribution in [-0.4, -0.2) is 55.9 Å². The minimum atomic E-state index is 0.228. The van der Waals surface area contributed by atoms with Crippen molar-refractivity contribution in [3.05, 3.63) is 24.3 Å². The molecule has 19 heavy (non-hydrogen) atoms. The first-order chi connectivity index (χ1) is 9.15. The van der Waals surface area contributed by atoms with Crippen molar-refractivity contribution in [3.8, 4) is 5.75 Å². The maximum Gasteiger partial charge on any atom is 0.120 e. The molecule has 4 nitrogen and oxygen atoms in total. The molecule has 2 rings (SSSR count). The molecule has 2 unspecified atom stereocenters. The summed E-state index contributed by atoms with van der Waals surface area (Å²) in [7, 11) is 3.83.